The van der Waals surface area contributed by atoms with Gasteiger partial charge in [-0.1, -0.05) is 60.7 Å². The maximum Gasteiger partial charge on any atom is 0.129 e. The molecule has 118 valence electrons. The highest BCUT2D eigenvalue weighted by Gasteiger charge is 2.11. The van der Waals surface area contributed by atoms with Crippen LogP contribution in [-0.2, 0) is 5.75 Å². The lowest BCUT2D eigenvalue weighted by molar-refractivity contribution is 0.463. The van der Waals surface area contributed by atoms with Crippen LogP contribution >= 0.6 is 11.8 Å². The Balaban J connectivity index is 1.77. The van der Waals surface area contributed by atoms with Gasteiger partial charge < -0.3 is 10.2 Å². The van der Waals surface area contributed by atoms with Crippen LogP contribution in [0.1, 0.15) is 5.56 Å². The summed E-state index contributed by atoms with van der Waals surface area (Å²) in [5, 5.41) is 24.9. The average molecular weight is 332 g/mol. The van der Waals surface area contributed by atoms with Gasteiger partial charge in [-0.3, -0.25) is 0 Å². The third kappa shape index (κ3) is 2.57. The maximum absolute atomic E-state index is 10.3. The van der Waals surface area contributed by atoms with Gasteiger partial charge in [-0.05, 0) is 33.7 Å². The summed E-state index contributed by atoms with van der Waals surface area (Å²) in [5.41, 5.74) is 0.894. The van der Waals surface area contributed by atoms with Gasteiger partial charge in [0.15, 0.2) is 0 Å². The summed E-state index contributed by atoms with van der Waals surface area (Å²) in [6.07, 6.45) is 0. The predicted octanol–water partition coefficient (Wildman–Crippen LogP) is 5.70. The van der Waals surface area contributed by atoms with Gasteiger partial charge in [0.2, 0.25) is 0 Å². The number of phenolic OH excluding ortho intramolecular Hbond substituents is 2. The number of phenols is 2. The lowest BCUT2D eigenvalue weighted by Crippen LogP contribution is -1.87. The molecular formula is C21H16O2S. The zero-order valence-corrected chi connectivity index (χ0v) is 13.8. The van der Waals surface area contributed by atoms with E-state index >= 15 is 0 Å². The van der Waals surface area contributed by atoms with Crippen LogP contribution in [0.4, 0.5) is 0 Å². The fourth-order valence-corrected chi connectivity index (χ4v) is 4.15. The molecule has 0 saturated carbocycles. The number of aromatic hydroxyl groups is 2. The Labute approximate surface area is 144 Å². The Kier molecular flexibility index (Phi) is 3.79. The summed E-state index contributed by atoms with van der Waals surface area (Å²) in [7, 11) is 0. The largest absolute Gasteiger partial charge is 0.508 e. The molecular weight excluding hydrogens is 316 g/mol. The van der Waals surface area contributed by atoms with Gasteiger partial charge in [0.05, 0.1) is 4.90 Å². The maximum atomic E-state index is 10.3. The highest BCUT2D eigenvalue weighted by Crippen LogP contribution is 2.40. The highest BCUT2D eigenvalue weighted by molar-refractivity contribution is 7.98. The van der Waals surface area contributed by atoms with Crippen LogP contribution in [0.3, 0.4) is 0 Å². The normalized spacial score (nSPS) is 11.2. The second-order valence-electron chi connectivity index (χ2n) is 5.71. The molecule has 0 fully saturated rings. The molecule has 3 heteroatoms. The molecule has 0 bridgehead atoms. The summed E-state index contributed by atoms with van der Waals surface area (Å²) in [6, 6.07) is 23.4. The molecule has 0 heterocycles. The Morgan fingerprint density at radius 3 is 1.96 bits per heavy atom. The lowest BCUT2D eigenvalue weighted by atomic mass is 10.0. The molecule has 0 aromatic heterocycles. The smallest absolute Gasteiger partial charge is 0.129 e. The van der Waals surface area contributed by atoms with E-state index in [2.05, 4.69) is 0 Å². The molecule has 0 aliphatic heterocycles. The molecule has 0 saturated heterocycles. The van der Waals surface area contributed by atoms with Crippen molar-refractivity contribution in [3.63, 3.8) is 0 Å². The number of rotatable bonds is 3. The summed E-state index contributed by atoms with van der Waals surface area (Å²) < 4.78 is 0. The molecule has 4 aromatic rings. The Morgan fingerprint density at radius 2 is 1.21 bits per heavy atom. The fraction of sp³-hybridized carbons (Fsp3) is 0.0476. The van der Waals surface area contributed by atoms with Crippen LogP contribution in [0.2, 0.25) is 0 Å². The Morgan fingerprint density at radius 1 is 0.625 bits per heavy atom. The second-order valence-corrected chi connectivity index (χ2v) is 6.69. The van der Waals surface area contributed by atoms with Gasteiger partial charge in [-0.25, -0.2) is 0 Å². The fourth-order valence-electron chi connectivity index (χ4n) is 3.00. The lowest BCUT2D eigenvalue weighted by Gasteiger charge is -2.12. The summed E-state index contributed by atoms with van der Waals surface area (Å²) >= 11 is 1.55. The minimum Gasteiger partial charge on any atom is -0.508 e. The van der Waals surface area contributed by atoms with Gasteiger partial charge in [0.25, 0.3) is 0 Å². The minimum absolute atomic E-state index is 0.276. The van der Waals surface area contributed by atoms with Crippen LogP contribution in [0.15, 0.2) is 77.7 Å². The molecule has 0 spiro atoms. The molecule has 2 nitrogen and oxygen atoms in total. The van der Waals surface area contributed by atoms with Crippen molar-refractivity contribution in [1.82, 2.24) is 0 Å². The molecule has 0 amide bonds. The number of thioether (sulfide) groups is 1. The zero-order chi connectivity index (χ0) is 16.5. The Hall–Kier alpha value is -2.65. The van der Waals surface area contributed by atoms with Crippen molar-refractivity contribution in [2.75, 3.05) is 0 Å². The molecule has 0 aliphatic carbocycles. The van der Waals surface area contributed by atoms with Crippen LogP contribution in [0, 0.1) is 0 Å². The quantitative estimate of drug-likeness (QED) is 0.473. The van der Waals surface area contributed by atoms with E-state index < -0.39 is 0 Å². The van der Waals surface area contributed by atoms with Crippen molar-refractivity contribution in [1.29, 1.82) is 0 Å². The standard InChI is InChI=1S/C21H16O2S/c22-19-11-9-14-5-1-3-7-16(14)18(19)13-24-21-17-8-4-2-6-15(17)10-12-20(21)23/h1-12,22-23H,13H2. The van der Waals surface area contributed by atoms with Crippen molar-refractivity contribution in [2.24, 2.45) is 0 Å². The van der Waals surface area contributed by atoms with E-state index in [-0.39, 0.29) is 5.75 Å². The highest BCUT2D eigenvalue weighted by atomic mass is 32.2. The van der Waals surface area contributed by atoms with Crippen molar-refractivity contribution < 1.29 is 10.2 Å². The van der Waals surface area contributed by atoms with Gasteiger partial charge in [0, 0.05) is 11.3 Å². The minimum atomic E-state index is 0.276. The first-order valence-electron chi connectivity index (χ1n) is 7.77. The van der Waals surface area contributed by atoms with Crippen LogP contribution in [0.25, 0.3) is 21.5 Å². The van der Waals surface area contributed by atoms with E-state index in [9.17, 15) is 10.2 Å². The first-order valence-corrected chi connectivity index (χ1v) is 8.76. The van der Waals surface area contributed by atoms with Gasteiger partial charge >= 0.3 is 0 Å². The molecule has 0 radical (unpaired) electrons. The number of hydrogen-bond donors (Lipinski definition) is 2. The summed E-state index contributed by atoms with van der Waals surface area (Å²) in [5.74, 6) is 1.16. The van der Waals surface area contributed by atoms with Crippen molar-refractivity contribution in [2.45, 2.75) is 10.6 Å². The van der Waals surface area contributed by atoms with E-state index in [1.807, 2.05) is 60.7 Å². The number of fused-ring (bicyclic) bond motifs is 2. The van der Waals surface area contributed by atoms with E-state index in [4.69, 9.17) is 0 Å². The first kappa shape index (κ1) is 14.9. The molecule has 0 unspecified atom stereocenters. The van der Waals surface area contributed by atoms with Crippen molar-refractivity contribution in [3.8, 4) is 11.5 Å². The van der Waals surface area contributed by atoms with E-state index in [1.54, 1.807) is 23.9 Å². The van der Waals surface area contributed by atoms with Crippen molar-refractivity contribution >= 4 is 33.3 Å². The third-order valence-corrected chi connectivity index (χ3v) is 5.39. The summed E-state index contributed by atoms with van der Waals surface area (Å²) in [4.78, 5) is 0.848. The topological polar surface area (TPSA) is 40.5 Å². The van der Waals surface area contributed by atoms with E-state index in [0.717, 1.165) is 32.0 Å². The molecule has 24 heavy (non-hydrogen) atoms. The SMILES string of the molecule is Oc1ccc2ccccc2c1CSc1c(O)ccc2ccccc12. The van der Waals surface area contributed by atoms with E-state index in [0.29, 0.717) is 11.5 Å². The predicted molar refractivity (Wildman–Crippen MR) is 101 cm³/mol. The number of hydrogen-bond acceptors (Lipinski definition) is 3. The first-order chi connectivity index (χ1) is 11.7. The van der Waals surface area contributed by atoms with E-state index in [1.165, 1.54) is 0 Å². The molecule has 2 N–H and O–H groups in total. The third-order valence-electron chi connectivity index (χ3n) is 4.24. The van der Waals surface area contributed by atoms with Crippen molar-refractivity contribution in [3.05, 3.63) is 78.4 Å². The van der Waals surface area contributed by atoms with Crippen LogP contribution in [0.5, 0.6) is 11.5 Å². The van der Waals surface area contributed by atoms with Crippen LogP contribution in [-0.4, -0.2) is 10.2 Å². The van der Waals surface area contributed by atoms with Crippen LogP contribution < -0.4 is 0 Å². The molecule has 0 atom stereocenters. The zero-order valence-electron chi connectivity index (χ0n) is 12.9. The molecule has 0 aliphatic rings. The monoisotopic (exact) mass is 332 g/mol. The average Bonchev–Trinajstić information content (AvgIpc) is 2.62. The molecule has 4 aromatic carbocycles. The second kappa shape index (κ2) is 6.10. The van der Waals surface area contributed by atoms with Gasteiger partial charge in [-0.2, -0.15) is 0 Å². The van der Waals surface area contributed by atoms with Gasteiger partial charge in [0.1, 0.15) is 11.5 Å². The number of benzene rings is 4. The van der Waals surface area contributed by atoms with Gasteiger partial charge in [-0.15, -0.1) is 11.8 Å². The molecule has 4 rings (SSSR count). The Bertz CT molecular complexity index is 955. The summed E-state index contributed by atoms with van der Waals surface area (Å²) in [6.45, 7) is 0.